The zero-order chi connectivity index (χ0) is 22.1. The number of anilines is 1. The Kier molecular flexibility index (Phi) is 5.40. The fraction of sp³-hybridized carbons (Fsp3) is 0.304. The van der Waals surface area contributed by atoms with Crippen LogP contribution in [-0.4, -0.2) is 58.2 Å². The molecule has 1 unspecified atom stereocenters. The first-order chi connectivity index (χ1) is 15.6. The van der Waals surface area contributed by atoms with Gasteiger partial charge in [-0.1, -0.05) is 35.5 Å². The Morgan fingerprint density at radius 2 is 1.94 bits per heavy atom. The van der Waals surface area contributed by atoms with Crippen LogP contribution in [0.1, 0.15) is 24.7 Å². The summed E-state index contributed by atoms with van der Waals surface area (Å²) in [5.41, 5.74) is 1.27. The molecule has 2 aromatic carbocycles. The number of para-hydroxylation sites is 1. The zero-order valence-electron chi connectivity index (χ0n) is 17.4. The highest BCUT2D eigenvalue weighted by Crippen LogP contribution is 2.29. The quantitative estimate of drug-likeness (QED) is 0.571. The number of aromatic nitrogens is 2. The second-order valence-electron chi connectivity index (χ2n) is 8.05. The standard InChI is InChI=1S/C23H22FN5O3/c24-18-8-4-6-16(12-18)21-25-22(32-26-21)17-7-5-11-27(13-17)15-29-20(30)14-28(23(29)31)19-9-2-1-3-10-19/h1-4,6,8-10,12,17H,5,7,11,13-15H2. The molecule has 0 saturated carbocycles. The number of benzene rings is 2. The molecule has 32 heavy (non-hydrogen) atoms. The number of imide groups is 1. The molecule has 1 aromatic heterocycles. The molecule has 0 spiro atoms. The van der Waals surface area contributed by atoms with Crippen molar-refractivity contribution in [3.63, 3.8) is 0 Å². The highest BCUT2D eigenvalue weighted by atomic mass is 19.1. The van der Waals surface area contributed by atoms with E-state index in [1.54, 1.807) is 12.1 Å². The molecular weight excluding hydrogens is 413 g/mol. The van der Waals surface area contributed by atoms with Gasteiger partial charge in [0.25, 0.3) is 5.91 Å². The number of rotatable bonds is 5. The van der Waals surface area contributed by atoms with Crippen molar-refractivity contribution in [2.24, 2.45) is 0 Å². The van der Waals surface area contributed by atoms with Gasteiger partial charge < -0.3 is 4.52 Å². The van der Waals surface area contributed by atoms with Crippen LogP contribution in [0, 0.1) is 5.82 Å². The van der Waals surface area contributed by atoms with E-state index < -0.39 is 0 Å². The fourth-order valence-corrected chi connectivity index (χ4v) is 4.22. The topological polar surface area (TPSA) is 82.8 Å². The molecule has 2 aliphatic heterocycles. The lowest BCUT2D eigenvalue weighted by Crippen LogP contribution is -2.45. The summed E-state index contributed by atoms with van der Waals surface area (Å²) in [7, 11) is 0. The third-order valence-corrected chi connectivity index (χ3v) is 5.84. The summed E-state index contributed by atoms with van der Waals surface area (Å²) in [5, 5.41) is 4.00. The van der Waals surface area contributed by atoms with Crippen LogP contribution in [0.5, 0.6) is 0 Å². The van der Waals surface area contributed by atoms with Gasteiger partial charge in [-0.05, 0) is 43.7 Å². The Labute approximate surface area is 184 Å². The van der Waals surface area contributed by atoms with Gasteiger partial charge in [0.15, 0.2) is 0 Å². The van der Waals surface area contributed by atoms with E-state index in [0.717, 1.165) is 19.4 Å². The van der Waals surface area contributed by atoms with Crippen molar-refractivity contribution in [3.05, 3.63) is 66.3 Å². The van der Waals surface area contributed by atoms with Crippen LogP contribution in [0.25, 0.3) is 11.4 Å². The van der Waals surface area contributed by atoms with Gasteiger partial charge in [-0.25, -0.2) is 14.1 Å². The Balaban J connectivity index is 1.26. The zero-order valence-corrected chi connectivity index (χ0v) is 17.4. The summed E-state index contributed by atoms with van der Waals surface area (Å²) >= 11 is 0. The van der Waals surface area contributed by atoms with Gasteiger partial charge in [-0.2, -0.15) is 4.98 Å². The number of halogens is 1. The number of hydrogen-bond donors (Lipinski definition) is 0. The molecule has 2 aliphatic rings. The van der Waals surface area contributed by atoms with Gasteiger partial charge in [-0.15, -0.1) is 0 Å². The lowest BCUT2D eigenvalue weighted by atomic mass is 9.98. The van der Waals surface area contributed by atoms with E-state index in [0.29, 0.717) is 29.5 Å². The number of likely N-dealkylation sites (tertiary alicyclic amines) is 1. The molecule has 5 rings (SSSR count). The average molecular weight is 435 g/mol. The van der Waals surface area contributed by atoms with E-state index in [4.69, 9.17) is 4.52 Å². The third-order valence-electron chi connectivity index (χ3n) is 5.84. The molecule has 0 N–H and O–H groups in total. The lowest BCUT2D eigenvalue weighted by Gasteiger charge is -2.33. The first-order valence-electron chi connectivity index (χ1n) is 10.6. The SMILES string of the molecule is O=C1CN(c2ccccc2)C(=O)N1CN1CCCC(c2nc(-c3cccc(F)c3)no2)C1. The number of urea groups is 1. The second-order valence-corrected chi connectivity index (χ2v) is 8.05. The summed E-state index contributed by atoms with van der Waals surface area (Å²) in [6, 6.07) is 14.9. The molecule has 8 nitrogen and oxygen atoms in total. The maximum absolute atomic E-state index is 13.5. The van der Waals surface area contributed by atoms with Gasteiger partial charge in [0, 0.05) is 17.8 Å². The molecule has 0 bridgehead atoms. The van der Waals surface area contributed by atoms with E-state index in [-0.39, 0.29) is 36.9 Å². The number of amides is 3. The number of nitrogens with zero attached hydrogens (tertiary/aromatic N) is 5. The van der Waals surface area contributed by atoms with Crippen molar-refractivity contribution in [1.82, 2.24) is 19.9 Å². The summed E-state index contributed by atoms with van der Waals surface area (Å²) in [4.78, 5) is 34.7. The minimum Gasteiger partial charge on any atom is -0.339 e. The average Bonchev–Trinajstić information content (AvgIpc) is 3.41. The third kappa shape index (κ3) is 3.99. The number of hydrogen-bond acceptors (Lipinski definition) is 6. The van der Waals surface area contributed by atoms with Gasteiger partial charge >= 0.3 is 6.03 Å². The van der Waals surface area contributed by atoms with E-state index in [1.807, 2.05) is 30.3 Å². The highest BCUT2D eigenvalue weighted by molar-refractivity contribution is 6.12. The molecule has 2 fully saturated rings. The predicted molar refractivity (Wildman–Crippen MR) is 114 cm³/mol. The molecular formula is C23H22FN5O3. The molecule has 0 aliphatic carbocycles. The predicted octanol–water partition coefficient (Wildman–Crippen LogP) is 3.48. The maximum atomic E-state index is 13.5. The van der Waals surface area contributed by atoms with Gasteiger partial charge in [0.2, 0.25) is 11.7 Å². The molecule has 3 aromatic rings. The molecule has 164 valence electrons. The summed E-state index contributed by atoms with van der Waals surface area (Å²) in [6.45, 7) is 1.63. The van der Waals surface area contributed by atoms with Crippen LogP contribution in [0.4, 0.5) is 14.9 Å². The van der Waals surface area contributed by atoms with Gasteiger partial charge in [0.1, 0.15) is 12.4 Å². The van der Waals surface area contributed by atoms with Crippen molar-refractivity contribution < 1.29 is 18.5 Å². The molecule has 1 atom stereocenters. The van der Waals surface area contributed by atoms with E-state index in [9.17, 15) is 14.0 Å². The van der Waals surface area contributed by atoms with E-state index in [1.165, 1.54) is 21.9 Å². The summed E-state index contributed by atoms with van der Waals surface area (Å²) in [6.07, 6.45) is 1.74. The van der Waals surface area contributed by atoms with Crippen LogP contribution >= 0.6 is 0 Å². The second kappa shape index (κ2) is 8.51. The largest absolute Gasteiger partial charge is 0.339 e. The van der Waals surface area contributed by atoms with Crippen molar-refractivity contribution in [3.8, 4) is 11.4 Å². The van der Waals surface area contributed by atoms with Crippen molar-refractivity contribution in [2.45, 2.75) is 18.8 Å². The maximum Gasteiger partial charge on any atom is 0.332 e. The molecule has 0 radical (unpaired) electrons. The first kappa shape index (κ1) is 20.3. The number of carbonyl (C=O) groups is 2. The van der Waals surface area contributed by atoms with E-state index >= 15 is 0 Å². The van der Waals surface area contributed by atoms with Gasteiger partial charge in [0.05, 0.1) is 12.6 Å². The summed E-state index contributed by atoms with van der Waals surface area (Å²) in [5.74, 6) is 0.241. The van der Waals surface area contributed by atoms with Crippen molar-refractivity contribution in [1.29, 1.82) is 0 Å². The Bertz CT molecular complexity index is 1140. The smallest absolute Gasteiger partial charge is 0.332 e. The molecule has 3 heterocycles. The minimum absolute atomic E-state index is 0.0170. The van der Waals surface area contributed by atoms with Gasteiger partial charge in [-0.3, -0.25) is 14.6 Å². The van der Waals surface area contributed by atoms with Crippen LogP contribution in [0.15, 0.2) is 59.1 Å². The molecule has 3 amide bonds. The molecule has 2 saturated heterocycles. The Hall–Kier alpha value is -3.59. The summed E-state index contributed by atoms with van der Waals surface area (Å²) < 4.78 is 19.0. The van der Waals surface area contributed by atoms with Crippen molar-refractivity contribution >= 4 is 17.6 Å². The Morgan fingerprint density at radius 1 is 1.09 bits per heavy atom. The van der Waals surface area contributed by atoms with Crippen LogP contribution in [-0.2, 0) is 4.79 Å². The normalized spacial score (nSPS) is 19.7. The number of piperidine rings is 1. The number of carbonyl (C=O) groups excluding carboxylic acids is 2. The molecule has 9 heteroatoms. The monoisotopic (exact) mass is 435 g/mol. The highest BCUT2D eigenvalue weighted by Gasteiger charge is 2.38. The van der Waals surface area contributed by atoms with Crippen LogP contribution in [0.3, 0.4) is 0 Å². The fourth-order valence-electron chi connectivity index (χ4n) is 4.22. The van der Waals surface area contributed by atoms with Crippen LogP contribution in [0.2, 0.25) is 0 Å². The lowest BCUT2D eigenvalue weighted by molar-refractivity contribution is -0.126. The minimum atomic E-state index is -0.359. The van der Waals surface area contributed by atoms with Crippen molar-refractivity contribution in [2.75, 3.05) is 31.2 Å². The van der Waals surface area contributed by atoms with E-state index in [2.05, 4.69) is 15.0 Å². The Morgan fingerprint density at radius 3 is 2.75 bits per heavy atom. The van der Waals surface area contributed by atoms with Crippen LogP contribution < -0.4 is 4.90 Å². The first-order valence-corrected chi connectivity index (χ1v) is 10.6.